The quantitative estimate of drug-likeness (QED) is 0.705. The zero-order valence-corrected chi connectivity index (χ0v) is 17.6. The van der Waals surface area contributed by atoms with E-state index in [0.29, 0.717) is 0 Å². The van der Waals surface area contributed by atoms with Gasteiger partial charge in [0.2, 0.25) is 0 Å². The molecule has 3 rings (SSSR count). The number of primary amides is 1. The average Bonchev–Trinajstić information content (AvgIpc) is 2.63. The molecule has 0 saturated heterocycles. The van der Waals surface area contributed by atoms with Crippen LogP contribution in [0.25, 0.3) is 11.1 Å². The van der Waals surface area contributed by atoms with Crippen molar-refractivity contribution in [1.82, 2.24) is 0 Å². The summed E-state index contributed by atoms with van der Waals surface area (Å²) < 4.78 is 11.4. The van der Waals surface area contributed by atoms with E-state index in [4.69, 9.17) is 15.2 Å². The molecule has 4 nitrogen and oxygen atoms in total. The van der Waals surface area contributed by atoms with Crippen LogP contribution in [0.1, 0.15) is 62.0 Å². The van der Waals surface area contributed by atoms with E-state index in [-0.39, 0.29) is 11.5 Å². The van der Waals surface area contributed by atoms with Gasteiger partial charge >= 0.3 is 6.09 Å². The van der Waals surface area contributed by atoms with Crippen LogP contribution in [0.5, 0.6) is 5.75 Å². The van der Waals surface area contributed by atoms with Crippen LogP contribution < -0.4 is 10.5 Å². The lowest BCUT2D eigenvalue weighted by molar-refractivity contribution is 0.0147. The van der Waals surface area contributed by atoms with Crippen LogP contribution in [0.15, 0.2) is 30.3 Å². The number of carbonyl (C=O) groups is 1. The van der Waals surface area contributed by atoms with E-state index in [2.05, 4.69) is 65.0 Å². The molecule has 0 saturated carbocycles. The summed E-state index contributed by atoms with van der Waals surface area (Å²) in [6.45, 7) is 11.3. The van der Waals surface area contributed by atoms with Crippen LogP contribution in [0, 0.1) is 19.3 Å². The summed E-state index contributed by atoms with van der Waals surface area (Å²) in [6.07, 6.45) is 1.88. The van der Waals surface area contributed by atoms with Gasteiger partial charge in [-0.2, -0.15) is 0 Å². The molecule has 0 bridgehead atoms. The van der Waals surface area contributed by atoms with Gasteiger partial charge in [0.05, 0.1) is 6.61 Å². The van der Waals surface area contributed by atoms with Crippen LogP contribution in [-0.2, 0) is 11.2 Å². The topological polar surface area (TPSA) is 61.6 Å². The van der Waals surface area contributed by atoms with Crippen molar-refractivity contribution in [3.05, 3.63) is 52.6 Å². The standard InChI is InChI=1S/C24H31NO3/c1-6-11-27-21-15(2)12-19(13-16(21)3)17-7-8-20-18(14-17)9-10-24(4,5)22(20)28-23(25)26/h7-8,12-14,22H,6,9-11H2,1-5H3,(H2,25,26)/t22-/m0/s1. The summed E-state index contributed by atoms with van der Waals surface area (Å²) in [4.78, 5) is 11.4. The highest BCUT2D eigenvalue weighted by Gasteiger charge is 2.38. The molecule has 0 radical (unpaired) electrons. The van der Waals surface area contributed by atoms with Crippen molar-refractivity contribution in [2.24, 2.45) is 11.1 Å². The Hall–Kier alpha value is -2.49. The van der Waals surface area contributed by atoms with Crippen molar-refractivity contribution < 1.29 is 14.3 Å². The fourth-order valence-electron chi connectivity index (χ4n) is 4.15. The number of benzene rings is 2. The van der Waals surface area contributed by atoms with E-state index in [1.807, 2.05) is 0 Å². The van der Waals surface area contributed by atoms with Gasteiger partial charge in [-0.1, -0.05) is 39.0 Å². The number of nitrogens with two attached hydrogens (primary N) is 1. The lowest BCUT2D eigenvalue weighted by atomic mass is 9.71. The molecule has 4 heteroatoms. The van der Waals surface area contributed by atoms with Crippen LogP contribution in [0.4, 0.5) is 4.79 Å². The lowest BCUT2D eigenvalue weighted by Gasteiger charge is -2.39. The molecule has 2 aromatic rings. The Morgan fingerprint density at radius 3 is 2.43 bits per heavy atom. The van der Waals surface area contributed by atoms with Gasteiger partial charge in [-0.25, -0.2) is 4.79 Å². The monoisotopic (exact) mass is 381 g/mol. The molecular formula is C24H31NO3. The zero-order chi connectivity index (χ0) is 20.5. The smallest absolute Gasteiger partial charge is 0.405 e. The average molecular weight is 382 g/mol. The summed E-state index contributed by atoms with van der Waals surface area (Å²) in [7, 11) is 0. The summed E-state index contributed by atoms with van der Waals surface area (Å²) in [5.74, 6) is 0.986. The first kappa shape index (κ1) is 20.2. The third-order valence-corrected chi connectivity index (χ3v) is 5.65. The molecule has 1 aliphatic carbocycles. The Kier molecular flexibility index (Phi) is 5.69. The van der Waals surface area contributed by atoms with E-state index in [1.54, 1.807) is 0 Å². The van der Waals surface area contributed by atoms with Crippen LogP contribution in [0.3, 0.4) is 0 Å². The highest BCUT2D eigenvalue weighted by Crippen LogP contribution is 2.46. The molecule has 2 aromatic carbocycles. The molecule has 0 spiro atoms. The third-order valence-electron chi connectivity index (χ3n) is 5.65. The second-order valence-electron chi connectivity index (χ2n) is 8.51. The van der Waals surface area contributed by atoms with Gasteiger partial charge in [-0.15, -0.1) is 0 Å². The van der Waals surface area contributed by atoms with Gasteiger partial charge in [0, 0.05) is 5.41 Å². The molecule has 1 aliphatic rings. The summed E-state index contributed by atoms with van der Waals surface area (Å²) in [6, 6.07) is 10.8. The zero-order valence-electron chi connectivity index (χ0n) is 17.6. The maximum atomic E-state index is 11.4. The number of carbonyl (C=O) groups excluding carboxylic acids is 1. The molecule has 1 amide bonds. The van der Waals surface area contributed by atoms with Crippen molar-refractivity contribution in [2.45, 2.75) is 60.0 Å². The number of hydrogen-bond donors (Lipinski definition) is 1. The Labute approximate surface area is 168 Å². The highest BCUT2D eigenvalue weighted by molar-refractivity contribution is 5.69. The Morgan fingerprint density at radius 1 is 1.14 bits per heavy atom. The number of rotatable bonds is 5. The second-order valence-corrected chi connectivity index (χ2v) is 8.51. The minimum absolute atomic E-state index is 0.130. The maximum Gasteiger partial charge on any atom is 0.405 e. The van der Waals surface area contributed by atoms with E-state index < -0.39 is 6.09 Å². The molecule has 28 heavy (non-hydrogen) atoms. The third kappa shape index (κ3) is 4.01. The molecule has 150 valence electrons. The molecule has 1 atom stereocenters. The van der Waals surface area contributed by atoms with Crippen molar-refractivity contribution in [3.8, 4) is 16.9 Å². The maximum absolute atomic E-state index is 11.4. The molecule has 0 fully saturated rings. The van der Waals surface area contributed by atoms with Gasteiger partial charge in [0.25, 0.3) is 0 Å². The van der Waals surface area contributed by atoms with Crippen LogP contribution >= 0.6 is 0 Å². The number of aryl methyl sites for hydroxylation is 3. The predicted molar refractivity (Wildman–Crippen MR) is 113 cm³/mol. The van der Waals surface area contributed by atoms with Crippen molar-refractivity contribution in [2.75, 3.05) is 6.61 Å². The Balaban J connectivity index is 1.97. The Morgan fingerprint density at radius 2 is 1.82 bits per heavy atom. The summed E-state index contributed by atoms with van der Waals surface area (Å²) in [5.41, 5.74) is 12.1. The van der Waals surface area contributed by atoms with E-state index in [0.717, 1.165) is 48.3 Å². The molecule has 0 aromatic heterocycles. The SMILES string of the molecule is CCCOc1c(C)cc(-c2ccc3c(c2)CCC(C)(C)[C@H]3OC(N)=O)cc1C. The van der Waals surface area contributed by atoms with Crippen LogP contribution in [0.2, 0.25) is 0 Å². The van der Waals surface area contributed by atoms with Gasteiger partial charge in [-0.3, -0.25) is 0 Å². The number of amides is 1. The van der Waals surface area contributed by atoms with Gasteiger partial charge in [-0.05, 0) is 78.6 Å². The normalized spacial score (nSPS) is 17.7. The number of fused-ring (bicyclic) bond motifs is 1. The summed E-state index contributed by atoms with van der Waals surface area (Å²) in [5, 5.41) is 0. The highest BCUT2D eigenvalue weighted by atomic mass is 16.6. The first-order valence-electron chi connectivity index (χ1n) is 10.1. The largest absolute Gasteiger partial charge is 0.493 e. The molecule has 0 heterocycles. The number of hydrogen-bond acceptors (Lipinski definition) is 3. The van der Waals surface area contributed by atoms with Crippen molar-refractivity contribution in [1.29, 1.82) is 0 Å². The fraction of sp³-hybridized carbons (Fsp3) is 0.458. The molecule has 0 aliphatic heterocycles. The van der Waals surface area contributed by atoms with Crippen LogP contribution in [-0.4, -0.2) is 12.7 Å². The minimum Gasteiger partial charge on any atom is -0.493 e. The minimum atomic E-state index is -0.719. The van der Waals surface area contributed by atoms with Gasteiger partial charge < -0.3 is 15.2 Å². The van der Waals surface area contributed by atoms with E-state index in [1.165, 1.54) is 16.7 Å². The van der Waals surface area contributed by atoms with E-state index >= 15 is 0 Å². The van der Waals surface area contributed by atoms with E-state index in [9.17, 15) is 4.79 Å². The Bertz CT molecular complexity index is 862. The first-order valence-corrected chi connectivity index (χ1v) is 10.1. The number of ether oxygens (including phenoxy) is 2. The summed E-state index contributed by atoms with van der Waals surface area (Å²) >= 11 is 0. The van der Waals surface area contributed by atoms with Crippen molar-refractivity contribution in [3.63, 3.8) is 0 Å². The lowest BCUT2D eigenvalue weighted by Crippen LogP contribution is -2.33. The second kappa shape index (κ2) is 7.86. The molecular weight excluding hydrogens is 350 g/mol. The first-order chi connectivity index (χ1) is 13.2. The molecule has 2 N–H and O–H groups in total. The van der Waals surface area contributed by atoms with Crippen molar-refractivity contribution >= 4 is 6.09 Å². The van der Waals surface area contributed by atoms with Gasteiger partial charge in [0.15, 0.2) is 0 Å². The molecule has 0 unspecified atom stereocenters. The predicted octanol–water partition coefficient (Wildman–Crippen LogP) is 5.87. The van der Waals surface area contributed by atoms with Gasteiger partial charge in [0.1, 0.15) is 11.9 Å². The fourth-order valence-corrected chi connectivity index (χ4v) is 4.15.